The van der Waals surface area contributed by atoms with E-state index in [4.69, 9.17) is 0 Å². The molecule has 18 nitrogen and oxygen atoms in total. The summed E-state index contributed by atoms with van der Waals surface area (Å²) in [5.41, 5.74) is 22.9. The minimum absolute atomic E-state index is 0.213. The molecule has 2 unspecified atom stereocenters. The molecular weight excluding hydrogens is 1260 g/mol. The molecule has 0 amide bonds. The van der Waals surface area contributed by atoms with Gasteiger partial charge in [0.05, 0.1) is 68.8 Å². The Balaban J connectivity index is 0.000000116. The van der Waals surface area contributed by atoms with Crippen LogP contribution in [0.2, 0.25) is 0 Å². The molecule has 19 rings (SSSR count). The summed E-state index contributed by atoms with van der Waals surface area (Å²) in [4.78, 5) is 62.6. The van der Waals surface area contributed by atoms with Gasteiger partial charge in [-0.05, 0) is 200 Å². The first-order valence-corrected chi connectivity index (χ1v) is 33.4. The van der Waals surface area contributed by atoms with Crippen LogP contribution < -0.4 is 0 Å². The van der Waals surface area contributed by atoms with E-state index in [9.17, 15) is 0 Å². The fourth-order valence-corrected chi connectivity index (χ4v) is 10.9. The van der Waals surface area contributed by atoms with Crippen LogP contribution in [0, 0.1) is 48.5 Å². The number of aryl methyl sites for hydroxylation is 7. The van der Waals surface area contributed by atoms with Crippen molar-refractivity contribution in [2.75, 3.05) is 0 Å². The van der Waals surface area contributed by atoms with Crippen LogP contribution in [0.15, 0.2) is 319 Å². The second-order valence-corrected chi connectivity index (χ2v) is 23.9. The Hall–Kier alpha value is -13.1. The van der Waals surface area contributed by atoms with E-state index in [-0.39, 0.29) is 6.04 Å². The molecule has 0 spiro atoms. The third-order valence-electron chi connectivity index (χ3n) is 15.6. The number of hydrogen-bond donors (Lipinski definition) is 0. The average Bonchev–Trinajstić information content (AvgIpc) is 1.64. The predicted molar refractivity (Wildman–Crippen MR) is 414 cm³/mol. The van der Waals surface area contributed by atoms with Crippen LogP contribution >= 0.6 is 0 Å². The maximum atomic E-state index is 4.40. The fraction of sp³-hybridized carbons (Fsp3) is 0.131. The van der Waals surface area contributed by atoms with Crippen LogP contribution in [0.5, 0.6) is 0 Å². The molecule has 0 fully saturated rings. The molecule has 14 heterocycles. The summed E-state index contributed by atoms with van der Waals surface area (Å²) in [7, 11) is 0. The maximum absolute atomic E-state index is 4.40. The van der Waals surface area contributed by atoms with Crippen molar-refractivity contribution in [3.05, 3.63) is 344 Å². The highest BCUT2D eigenvalue weighted by atomic mass is 15.0. The fourth-order valence-electron chi connectivity index (χ4n) is 10.9. The number of hydrogen-bond acceptors (Lipinski definition) is 15. The molecule has 18 heteroatoms. The maximum Gasteiger partial charge on any atom is 0.198 e. The number of pyridine rings is 4. The zero-order valence-corrected chi connectivity index (χ0v) is 58.5. The Labute approximate surface area is 593 Å². The molecule has 0 N–H and O–H groups in total. The van der Waals surface area contributed by atoms with Gasteiger partial charge in [0.1, 0.15) is 28.9 Å². The molecule has 0 radical (unpaired) electrons. The molecule has 2 aliphatic heterocycles. The van der Waals surface area contributed by atoms with Crippen molar-refractivity contribution in [2.24, 2.45) is 15.0 Å². The minimum atomic E-state index is 0.213. The molecule has 15 aromatic rings. The Morgan fingerprint density at radius 2 is 1.01 bits per heavy atom. The van der Waals surface area contributed by atoms with Gasteiger partial charge in [-0.3, -0.25) is 29.9 Å². The van der Waals surface area contributed by atoms with Crippen LogP contribution in [0.1, 0.15) is 53.6 Å². The lowest BCUT2D eigenvalue weighted by Crippen LogP contribution is -2.11. The van der Waals surface area contributed by atoms with Gasteiger partial charge in [0.25, 0.3) is 0 Å². The average molecular weight is 1340 g/mol. The molecule has 2 aliphatic carbocycles. The van der Waals surface area contributed by atoms with Gasteiger partial charge in [-0.25, -0.2) is 44.9 Å². The SMILES string of the molecule is CC1=NC2C=CC=CC2=C1.CC1=NC2C=CC=CC2=N1.Cc1cc2ccccn2c1.Cc1cc2ncccn2c1.Cc1ccc(-c2ccccc2)n1-c1ccccc1.Cc1ccc2ncccc2n1.Cc1cnc2ccccc2n1.Cc1cnc2nccnc2n1.Cc1ncc2ncccc2n1. The van der Waals surface area contributed by atoms with E-state index in [1.54, 1.807) is 49.6 Å². The van der Waals surface area contributed by atoms with Gasteiger partial charge in [0, 0.05) is 90.3 Å². The van der Waals surface area contributed by atoms with Crippen LogP contribution in [0.3, 0.4) is 0 Å². The zero-order valence-electron chi connectivity index (χ0n) is 58.5. The van der Waals surface area contributed by atoms with Crippen molar-refractivity contribution in [3.8, 4) is 16.9 Å². The lowest BCUT2D eigenvalue weighted by Gasteiger charge is -2.11. The lowest BCUT2D eigenvalue weighted by atomic mass is 10.0. The van der Waals surface area contributed by atoms with Crippen molar-refractivity contribution < 1.29 is 0 Å². The standard InChI is InChI=1S/C17H15N.2C9H8N2.2C9H9N.C8H7N3.2C8H8N2.C7H6N4/c1-14-12-13-17(15-8-4-2-5-9-15)18(14)16-10-6-3-7-11-16;1-7-4-5-8-9(11-7)3-2-6-10-8;1-7-6-10-8-4-2-3-5-9(8)11-7;1-8-6-9-4-2-3-5-10(9)7-8;1-7-6-8-4-2-3-5-9(8)10-7;1-6-10-5-8-7(11-6)3-2-4-9-8;1-7-5-8-9-3-2-4-10(8)6-7;1-6-9-7-4-2-3-5-8(7)10-6;1-5-4-10-6-7(11-5)9-3-2-8-6/h2-13H,1H3;2*2-6H,1H3;2-7H,1H3;2-6,9H,1H3;2-5H,1H3;2-6H,1H3;2-5,7H,1H3;2-4H,1H3. The van der Waals surface area contributed by atoms with Crippen molar-refractivity contribution >= 4 is 72.8 Å². The van der Waals surface area contributed by atoms with Crippen LogP contribution in [-0.4, -0.2) is 103 Å². The largest absolute Gasteiger partial charge is 0.324 e. The zero-order chi connectivity index (χ0) is 71.0. The van der Waals surface area contributed by atoms with E-state index in [1.165, 1.54) is 44.9 Å². The first kappa shape index (κ1) is 70.2. The topological polar surface area (TPSA) is 206 Å². The highest BCUT2D eigenvalue weighted by Crippen LogP contribution is 2.26. The third-order valence-corrected chi connectivity index (χ3v) is 15.6. The number of aliphatic imine (C=N–C) groups is 3. The summed E-state index contributed by atoms with van der Waals surface area (Å²) in [5.74, 6) is 1.67. The molecule has 0 saturated heterocycles. The Bertz CT molecular complexity index is 5060. The van der Waals surface area contributed by atoms with Gasteiger partial charge in [-0.1, -0.05) is 109 Å². The minimum Gasteiger partial charge on any atom is -0.324 e. The number of aromatic nitrogens is 15. The first-order chi connectivity index (χ1) is 49.7. The number of benzene rings is 3. The van der Waals surface area contributed by atoms with Gasteiger partial charge >= 0.3 is 0 Å². The van der Waals surface area contributed by atoms with Gasteiger partial charge in [0.15, 0.2) is 11.3 Å². The summed E-state index contributed by atoms with van der Waals surface area (Å²) in [6, 6.07) is 57.6. The van der Waals surface area contributed by atoms with E-state index in [1.807, 2.05) is 161 Å². The number of para-hydroxylation sites is 3. The lowest BCUT2D eigenvalue weighted by molar-refractivity contribution is 0.997. The molecule has 3 aromatic carbocycles. The highest BCUT2D eigenvalue weighted by Gasteiger charge is 2.17. The van der Waals surface area contributed by atoms with E-state index in [0.29, 0.717) is 17.3 Å². The number of amidine groups is 1. The summed E-state index contributed by atoms with van der Waals surface area (Å²) in [6.07, 6.45) is 40.5. The van der Waals surface area contributed by atoms with Crippen molar-refractivity contribution in [1.82, 2.24) is 73.2 Å². The summed E-state index contributed by atoms with van der Waals surface area (Å²) < 4.78 is 6.42. The molecule has 4 aliphatic rings. The van der Waals surface area contributed by atoms with Gasteiger partial charge in [0.2, 0.25) is 0 Å². The van der Waals surface area contributed by atoms with E-state index < -0.39 is 0 Å². The first-order valence-electron chi connectivity index (χ1n) is 33.4. The van der Waals surface area contributed by atoms with Gasteiger partial charge in [-0.2, -0.15) is 0 Å². The Morgan fingerprint density at radius 3 is 1.76 bits per heavy atom. The molecular formula is C84H78N18. The van der Waals surface area contributed by atoms with E-state index in [0.717, 1.165) is 78.9 Å². The Kier molecular flexibility index (Phi) is 24.0. The summed E-state index contributed by atoms with van der Waals surface area (Å²) in [5, 5.41) is 0. The van der Waals surface area contributed by atoms with Crippen molar-refractivity contribution in [2.45, 2.75) is 74.4 Å². The number of fused-ring (bicyclic) bond motifs is 8. The molecule has 504 valence electrons. The Morgan fingerprint density at radius 1 is 0.392 bits per heavy atom. The number of allylic oxidation sites excluding steroid dienone is 5. The van der Waals surface area contributed by atoms with Crippen molar-refractivity contribution in [3.63, 3.8) is 0 Å². The molecule has 102 heavy (non-hydrogen) atoms. The molecule has 2 atom stereocenters. The second kappa shape index (κ2) is 34.9. The van der Waals surface area contributed by atoms with E-state index in [2.05, 4.69) is 238 Å². The molecule has 0 saturated carbocycles. The van der Waals surface area contributed by atoms with Crippen LogP contribution in [0.25, 0.3) is 72.5 Å². The van der Waals surface area contributed by atoms with Crippen molar-refractivity contribution in [1.29, 1.82) is 0 Å². The van der Waals surface area contributed by atoms with Gasteiger partial charge in [-0.15, -0.1) is 0 Å². The predicted octanol–water partition coefficient (Wildman–Crippen LogP) is 17.5. The monoisotopic (exact) mass is 1340 g/mol. The highest BCUT2D eigenvalue weighted by molar-refractivity contribution is 6.12. The quantitative estimate of drug-likeness (QED) is 0.158. The second-order valence-electron chi connectivity index (χ2n) is 23.9. The van der Waals surface area contributed by atoms with Gasteiger partial charge < -0.3 is 13.4 Å². The summed E-state index contributed by atoms with van der Waals surface area (Å²) in [6.45, 7) is 17.9. The smallest absolute Gasteiger partial charge is 0.198 e. The van der Waals surface area contributed by atoms with Crippen LogP contribution in [0.4, 0.5) is 0 Å². The van der Waals surface area contributed by atoms with Crippen LogP contribution in [-0.2, 0) is 0 Å². The van der Waals surface area contributed by atoms with E-state index >= 15 is 0 Å². The summed E-state index contributed by atoms with van der Waals surface area (Å²) >= 11 is 0. The molecule has 0 bridgehead atoms. The molecule has 12 aromatic heterocycles. The number of nitrogens with zero attached hydrogens (tertiary/aromatic N) is 18. The number of rotatable bonds is 2. The third kappa shape index (κ3) is 19.8. The normalized spacial score (nSPS) is 13.8.